The van der Waals surface area contributed by atoms with Crippen LogP contribution in [0, 0.1) is 5.92 Å². The Labute approximate surface area is 162 Å². The SMILES string of the molecule is C[C@@H]1CCc2sc(-c3nnc(S[C@H](C)C(=O)N4CCCCC4)o3)cc2C1. The Hall–Kier alpha value is -1.34. The highest BCUT2D eigenvalue weighted by molar-refractivity contribution is 8.00. The van der Waals surface area contributed by atoms with E-state index in [1.54, 1.807) is 11.3 Å². The molecule has 0 spiro atoms. The van der Waals surface area contributed by atoms with Gasteiger partial charge in [0.1, 0.15) is 0 Å². The minimum Gasteiger partial charge on any atom is -0.410 e. The molecule has 0 bridgehead atoms. The standard InChI is InChI=1S/C19H25N3O2S2/c1-12-6-7-15-14(10-12)11-16(26-15)17-20-21-19(24-17)25-13(2)18(23)22-8-4-3-5-9-22/h11-13H,3-10H2,1-2H3/t12-,13-/m1/s1. The van der Waals surface area contributed by atoms with Gasteiger partial charge in [-0.25, -0.2) is 0 Å². The normalized spacial score (nSPS) is 21.5. The molecule has 1 saturated heterocycles. The Balaban J connectivity index is 1.42. The number of likely N-dealkylation sites (tertiary alicyclic amines) is 1. The maximum absolute atomic E-state index is 12.6. The zero-order valence-electron chi connectivity index (χ0n) is 15.4. The van der Waals surface area contributed by atoms with Crippen LogP contribution in [-0.4, -0.2) is 39.3 Å². The lowest BCUT2D eigenvalue weighted by Gasteiger charge is -2.28. The van der Waals surface area contributed by atoms with Crippen molar-refractivity contribution in [3.8, 4) is 10.8 Å². The van der Waals surface area contributed by atoms with Crippen molar-refractivity contribution in [2.24, 2.45) is 5.92 Å². The average Bonchev–Trinajstić information content (AvgIpc) is 3.28. The summed E-state index contributed by atoms with van der Waals surface area (Å²) in [6.07, 6.45) is 6.99. The second-order valence-electron chi connectivity index (χ2n) is 7.43. The first-order valence-electron chi connectivity index (χ1n) is 9.51. The van der Waals surface area contributed by atoms with Crippen LogP contribution in [-0.2, 0) is 17.6 Å². The van der Waals surface area contributed by atoms with E-state index in [1.807, 2.05) is 11.8 Å². The summed E-state index contributed by atoms with van der Waals surface area (Å²) in [5.41, 5.74) is 1.43. The molecule has 140 valence electrons. The maximum Gasteiger partial charge on any atom is 0.277 e. The minimum absolute atomic E-state index is 0.176. The number of thioether (sulfide) groups is 1. The quantitative estimate of drug-likeness (QED) is 0.722. The van der Waals surface area contributed by atoms with Gasteiger partial charge in [-0.3, -0.25) is 4.79 Å². The number of thiophene rings is 1. The first-order valence-corrected chi connectivity index (χ1v) is 11.2. The lowest BCUT2D eigenvalue weighted by atomic mass is 9.90. The number of aromatic nitrogens is 2. The molecule has 1 aliphatic heterocycles. The van der Waals surface area contributed by atoms with Crippen molar-refractivity contribution >= 4 is 29.0 Å². The van der Waals surface area contributed by atoms with Crippen LogP contribution in [0.2, 0.25) is 0 Å². The van der Waals surface area contributed by atoms with Crippen molar-refractivity contribution in [2.75, 3.05) is 13.1 Å². The number of carbonyl (C=O) groups is 1. The molecule has 4 rings (SSSR count). The van der Waals surface area contributed by atoms with Gasteiger partial charge in [-0.05, 0) is 63.0 Å². The van der Waals surface area contributed by atoms with Gasteiger partial charge < -0.3 is 9.32 Å². The van der Waals surface area contributed by atoms with E-state index in [2.05, 4.69) is 23.2 Å². The van der Waals surface area contributed by atoms with Crippen LogP contribution in [0.4, 0.5) is 0 Å². The fraction of sp³-hybridized carbons (Fsp3) is 0.632. The minimum atomic E-state index is -0.196. The van der Waals surface area contributed by atoms with Crippen LogP contribution in [0.25, 0.3) is 10.8 Å². The highest BCUT2D eigenvalue weighted by Gasteiger charge is 2.26. The molecule has 2 aromatic heterocycles. The molecule has 2 atom stereocenters. The summed E-state index contributed by atoms with van der Waals surface area (Å²) in [5, 5.41) is 8.67. The molecule has 0 aromatic carbocycles. The van der Waals surface area contributed by atoms with Crippen LogP contribution in [0.1, 0.15) is 50.0 Å². The van der Waals surface area contributed by atoms with Gasteiger partial charge in [0.25, 0.3) is 11.1 Å². The smallest absolute Gasteiger partial charge is 0.277 e. The van der Waals surface area contributed by atoms with E-state index in [-0.39, 0.29) is 11.2 Å². The lowest BCUT2D eigenvalue weighted by Crippen LogP contribution is -2.40. The molecule has 0 N–H and O–H groups in total. The Morgan fingerprint density at radius 2 is 2.15 bits per heavy atom. The number of rotatable bonds is 4. The molecule has 2 aromatic rings. The summed E-state index contributed by atoms with van der Waals surface area (Å²) < 4.78 is 5.86. The van der Waals surface area contributed by atoms with Crippen LogP contribution in [0.3, 0.4) is 0 Å². The van der Waals surface area contributed by atoms with Gasteiger partial charge in [0.15, 0.2) is 0 Å². The van der Waals surface area contributed by atoms with Crippen LogP contribution >= 0.6 is 23.1 Å². The van der Waals surface area contributed by atoms with Crippen molar-refractivity contribution < 1.29 is 9.21 Å². The number of nitrogens with zero attached hydrogens (tertiary/aromatic N) is 3. The molecule has 1 amide bonds. The monoisotopic (exact) mass is 391 g/mol. The average molecular weight is 392 g/mol. The number of amides is 1. The third kappa shape index (κ3) is 3.83. The van der Waals surface area contributed by atoms with Gasteiger partial charge in [0.05, 0.1) is 10.1 Å². The van der Waals surface area contributed by atoms with E-state index >= 15 is 0 Å². The van der Waals surface area contributed by atoms with E-state index in [0.29, 0.717) is 11.1 Å². The third-order valence-corrected chi connectivity index (χ3v) is 7.39. The van der Waals surface area contributed by atoms with Crippen molar-refractivity contribution in [1.82, 2.24) is 15.1 Å². The molecule has 7 heteroatoms. The summed E-state index contributed by atoms with van der Waals surface area (Å²) >= 11 is 3.14. The highest BCUT2D eigenvalue weighted by atomic mass is 32.2. The van der Waals surface area contributed by atoms with Crippen LogP contribution < -0.4 is 0 Å². The van der Waals surface area contributed by atoms with Gasteiger partial charge in [-0.2, -0.15) is 0 Å². The summed E-state index contributed by atoms with van der Waals surface area (Å²) in [5.74, 6) is 1.51. The van der Waals surface area contributed by atoms with Crippen LogP contribution in [0.5, 0.6) is 0 Å². The van der Waals surface area contributed by atoms with Gasteiger partial charge >= 0.3 is 0 Å². The molecule has 2 aliphatic rings. The highest BCUT2D eigenvalue weighted by Crippen LogP contribution is 2.37. The Bertz CT molecular complexity index is 780. The van der Waals surface area contributed by atoms with E-state index in [9.17, 15) is 4.79 Å². The molecule has 1 fully saturated rings. The molecule has 5 nitrogen and oxygen atoms in total. The Morgan fingerprint density at radius 3 is 2.96 bits per heavy atom. The molecule has 3 heterocycles. The van der Waals surface area contributed by atoms with Crippen LogP contribution in [0.15, 0.2) is 15.7 Å². The molecule has 0 saturated carbocycles. The zero-order chi connectivity index (χ0) is 18.1. The molecule has 26 heavy (non-hydrogen) atoms. The van der Waals surface area contributed by atoms with Crippen molar-refractivity contribution in [1.29, 1.82) is 0 Å². The topological polar surface area (TPSA) is 59.2 Å². The fourth-order valence-corrected chi connectivity index (χ4v) is 5.64. The van der Waals surface area contributed by atoms with Gasteiger partial charge in [0, 0.05) is 18.0 Å². The van der Waals surface area contributed by atoms with Crippen molar-refractivity contribution in [3.05, 3.63) is 16.5 Å². The van der Waals surface area contributed by atoms with Crippen molar-refractivity contribution in [3.63, 3.8) is 0 Å². The molecular formula is C19H25N3O2S2. The maximum atomic E-state index is 12.6. The third-order valence-electron chi connectivity index (χ3n) is 5.24. The zero-order valence-corrected chi connectivity index (χ0v) is 17.0. The first kappa shape index (κ1) is 18.0. The molecular weight excluding hydrogens is 366 g/mol. The molecule has 0 unspecified atom stereocenters. The Morgan fingerprint density at radius 1 is 1.35 bits per heavy atom. The number of carbonyl (C=O) groups excluding carboxylic acids is 1. The lowest BCUT2D eigenvalue weighted by molar-refractivity contribution is -0.131. The Kier molecular flexibility index (Phi) is 5.36. The predicted molar refractivity (Wildman–Crippen MR) is 105 cm³/mol. The van der Waals surface area contributed by atoms with E-state index in [4.69, 9.17) is 4.42 Å². The summed E-state index contributed by atoms with van der Waals surface area (Å²) in [4.78, 5) is 17.0. The second-order valence-corrected chi connectivity index (χ2v) is 9.85. The van der Waals surface area contributed by atoms with Gasteiger partial charge in [0.2, 0.25) is 5.91 Å². The number of piperidine rings is 1. The summed E-state index contributed by atoms with van der Waals surface area (Å²) in [6.45, 7) is 5.98. The summed E-state index contributed by atoms with van der Waals surface area (Å²) in [6, 6.07) is 2.21. The summed E-state index contributed by atoms with van der Waals surface area (Å²) in [7, 11) is 0. The second kappa shape index (κ2) is 7.72. The van der Waals surface area contributed by atoms with Gasteiger partial charge in [-0.1, -0.05) is 18.7 Å². The fourth-order valence-electron chi connectivity index (χ4n) is 3.74. The number of aryl methyl sites for hydroxylation is 1. The predicted octanol–water partition coefficient (Wildman–Crippen LogP) is 4.42. The van der Waals surface area contributed by atoms with E-state index in [1.165, 1.54) is 35.0 Å². The first-order chi connectivity index (χ1) is 12.6. The number of hydrogen-bond donors (Lipinski definition) is 0. The van der Waals surface area contributed by atoms with Gasteiger partial charge in [-0.15, -0.1) is 21.5 Å². The molecule has 1 aliphatic carbocycles. The molecule has 0 radical (unpaired) electrons. The van der Waals surface area contributed by atoms with E-state index < -0.39 is 0 Å². The van der Waals surface area contributed by atoms with Crippen molar-refractivity contribution in [2.45, 2.75) is 62.8 Å². The van der Waals surface area contributed by atoms with E-state index in [0.717, 1.165) is 49.6 Å². The largest absolute Gasteiger partial charge is 0.410 e. The number of hydrogen-bond acceptors (Lipinski definition) is 6. The number of fused-ring (bicyclic) bond motifs is 1.